The van der Waals surface area contributed by atoms with Gasteiger partial charge in [-0.05, 0) is 6.92 Å². The number of carbonyl (C=O) groups is 1. The van der Waals surface area contributed by atoms with E-state index in [0.29, 0.717) is 0 Å². The number of methoxy groups -OCH3 is 1. The van der Waals surface area contributed by atoms with Crippen LogP contribution >= 0.6 is 11.6 Å². The first-order chi connectivity index (χ1) is 8.51. The number of hydrogen-bond donors (Lipinski definition) is 0. The van der Waals surface area contributed by atoms with Gasteiger partial charge in [0.2, 0.25) is 5.88 Å². The average molecular weight is 275 g/mol. The van der Waals surface area contributed by atoms with Crippen molar-refractivity contribution in [2.75, 3.05) is 13.7 Å². The quantitative estimate of drug-likeness (QED) is 0.352. The van der Waals surface area contributed by atoms with Crippen LogP contribution in [0.5, 0.6) is 5.88 Å². The van der Waals surface area contributed by atoms with Crippen LogP contribution in [0.1, 0.15) is 18.0 Å². The molecule has 7 nitrogen and oxygen atoms in total. The summed E-state index contributed by atoms with van der Waals surface area (Å²) in [5.41, 5.74) is -0.552. The SMILES string of the molecule is CCOC(=O)C(Cl)c1nc(OC)ccc1[N+](=O)[O-]. The molecular weight excluding hydrogens is 264 g/mol. The second kappa shape index (κ2) is 6.15. The number of hydrogen-bond acceptors (Lipinski definition) is 6. The highest BCUT2D eigenvalue weighted by Gasteiger charge is 2.29. The van der Waals surface area contributed by atoms with E-state index in [-0.39, 0.29) is 23.9 Å². The fourth-order valence-corrected chi connectivity index (χ4v) is 1.45. The van der Waals surface area contributed by atoms with Crippen LogP contribution in [0.2, 0.25) is 0 Å². The van der Waals surface area contributed by atoms with E-state index >= 15 is 0 Å². The van der Waals surface area contributed by atoms with Crippen molar-refractivity contribution in [1.82, 2.24) is 4.98 Å². The van der Waals surface area contributed by atoms with Gasteiger partial charge in [0, 0.05) is 12.1 Å². The third-order valence-electron chi connectivity index (χ3n) is 2.02. The van der Waals surface area contributed by atoms with Gasteiger partial charge in [-0.1, -0.05) is 0 Å². The summed E-state index contributed by atoms with van der Waals surface area (Å²) in [4.78, 5) is 25.4. The molecule has 98 valence electrons. The zero-order valence-corrected chi connectivity index (χ0v) is 10.5. The van der Waals surface area contributed by atoms with E-state index in [1.807, 2.05) is 0 Å². The number of nitrogens with zero attached hydrogens (tertiary/aromatic N) is 2. The average Bonchev–Trinajstić information content (AvgIpc) is 2.37. The number of ether oxygens (including phenoxy) is 2. The Morgan fingerprint density at radius 1 is 1.61 bits per heavy atom. The summed E-state index contributed by atoms with van der Waals surface area (Å²) in [6, 6.07) is 2.49. The molecule has 0 N–H and O–H groups in total. The third kappa shape index (κ3) is 3.07. The molecule has 0 fully saturated rings. The van der Waals surface area contributed by atoms with Gasteiger partial charge in [0.15, 0.2) is 11.1 Å². The third-order valence-corrected chi connectivity index (χ3v) is 2.40. The van der Waals surface area contributed by atoms with Crippen molar-refractivity contribution in [1.29, 1.82) is 0 Å². The number of esters is 1. The second-order valence-electron chi connectivity index (χ2n) is 3.13. The minimum Gasteiger partial charge on any atom is -0.481 e. The number of pyridine rings is 1. The van der Waals surface area contributed by atoms with E-state index in [9.17, 15) is 14.9 Å². The summed E-state index contributed by atoms with van der Waals surface area (Å²) in [5, 5.41) is 9.47. The molecule has 0 saturated carbocycles. The number of aromatic nitrogens is 1. The zero-order valence-electron chi connectivity index (χ0n) is 9.75. The lowest BCUT2D eigenvalue weighted by Gasteiger charge is -2.09. The first-order valence-electron chi connectivity index (χ1n) is 5.01. The van der Waals surface area contributed by atoms with Crippen molar-refractivity contribution in [2.45, 2.75) is 12.3 Å². The van der Waals surface area contributed by atoms with Gasteiger partial charge in [0.1, 0.15) is 0 Å². The Labute approximate surface area is 108 Å². The summed E-state index contributed by atoms with van der Waals surface area (Å²) in [6.45, 7) is 1.73. The van der Waals surface area contributed by atoms with Gasteiger partial charge < -0.3 is 9.47 Å². The van der Waals surface area contributed by atoms with Crippen molar-refractivity contribution in [3.63, 3.8) is 0 Å². The van der Waals surface area contributed by atoms with E-state index < -0.39 is 16.3 Å². The first-order valence-corrected chi connectivity index (χ1v) is 5.45. The minimum absolute atomic E-state index is 0.125. The fourth-order valence-electron chi connectivity index (χ4n) is 1.23. The number of alkyl halides is 1. The molecule has 0 saturated heterocycles. The Morgan fingerprint density at radius 3 is 2.78 bits per heavy atom. The highest BCUT2D eigenvalue weighted by Crippen LogP contribution is 2.30. The Hall–Kier alpha value is -1.89. The molecule has 0 aromatic carbocycles. The highest BCUT2D eigenvalue weighted by molar-refractivity contribution is 6.30. The molecule has 0 bridgehead atoms. The molecule has 0 amide bonds. The minimum atomic E-state index is -1.35. The highest BCUT2D eigenvalue weighted by atomic mass is 35.5. The normalized spacial score (nSPS) is 11.7. The summed E-state index contributed by atoms with van der Waals surface area (Å²) >= 11 is 5.82. The Balaban J connectivity index is 3.18. The van der Waals surface area contributed by atoms with E-state index in [2.05, 4.69) is 4.98 Å². The molecule has 0 aliphatic rings. The van der Waals surface area contributed by atoms with Crippen molar-refractivity contribution in [3.05, 3.63) is 27.9 Å². The molecule has 0 radical (unpaired) electrons. The van der Waals surface area contributed by atoms with Gasteiger partial charge in [-0.15, -0.1) is 11.6 Å². The Kier molecular flexibility index (Phi) is 4.85. The van der Waals surface area contributed by atoms with Crippen molar-refractivity contribution < 1.29 is 19.2 Å². The summed E-state index contributed by atoms with van der Waals surface area (Å²) in [5.74, 6) is -0.659. The van der Waals surface area contributed by atoms with Gasteiger partial charge in [-0.3, -0.25) is 14.9 Å². The molecule has 8 heteroatoms. The predicted octanol–water partition coefficient (Wildman–Crippen LogP) is 1.84. The Bertz CT molecular complexity index is 466. The number of nitro groups is 1. The maximum absolute atomic E-state index is 11.5. The van der Waals surface area contributed by atoms with Crippen molar-refractivity contribution in [2.24, 2.45) is 0 Å². The van der Waals surface area contributed by atoms with Crippen molar-refractivity contribution in [3.8, 4) is 5.88 Å². The molecule has 0 spiro atoms. The van der Waals surface area contributed by atoms with E-state index in [0.717, 1.165) is 0 Å². The molecule has 1 aromatic rings. The monoisotopic (exact) mass is 274 g/mol. The lowest BCUT2D eigenvalue weighted by molar-refractivity contribution is -0.386. The van der Waals surface area contributed by atoms with Crippen LogP contribution in [0.25, 0.3) is 0 Å². The predicted molar refractivity (Wildman–Crippen MR) is 62.7 cm³/mol. The van der Waals surface area contributed by atoms with E-state index in [4.69, 9.17) is 21.1 Å². The Morgan fingerprint density at radius 2 is 2.28 bits per heavy atom. The molecule has 1 unspecified atom stereocenters. The molecular formula is C10H11ClN2O5. The van der Waals surface area contributed by atoms with Crippen LogP contribution < -0.4 is 4.74 Å². The number of rotatable bonds is 5. The lowest BCUT2D eigenvalue weighted by Crippen LogP contribution is -2.14. The maximum atomic E-state index is 11.5. The standard InChI is InChI=1S/C10H11ClN2O5/c1-3-18-10(14)8(11)9-6(13(15)16)4-5-7(12-9)17-2/h4-5,8H,3H2,1-2H3. The van der Waals surface area contributed by atoms with Gasteiger partial charge >= 0.3 is 5.97 Å². The second-order valence-corrected chi connectivity index (χ2v) is 3.57. The fraction of sp³-hybridized carbons (Fsp3) is 0.400. The molecule has 18 heavy (non-hydrogen) atoms. The largest absolute Gasteiger partial charge is 0.481 e. The lowest BCUT2D eigenvalue weighted by atomic mass is 10.2. The van der Waals surface area contributed by atoms with Gasteiger partial charge in [-0.2, -0.15) is 0 Å². The van der Waals surface area contributed by atoms with E-state index in [1.54, 1.807) is 6.92 Å². The van der Waals surface area contributed by atoms with Crippen LogP contribution in [0, 0.1) is 10.1 Å². The molecule has 1 aromatic heterocycles. The topological polar surface area (TPSA) is 91.6 Å². The van der Waals surface area contributed by atoms with Gasteiger partial charge in [-0.25, -0.2) is 4.98 Å². The van der Waals surface area contributed by atoms with Crippen LogP contribution in [0.4, 0.5) is 5.69 Å². The maximum Gasteiger partial charge on any atom is 0.330 e. The molecule has 1 heterocycles. The van der Waals surface area contributed by atoms with E-state index in [1.165, 1.54) is 19.2 Å². The zero-order chi connectivity index (χ0) is 13.7. The summed E-state index contributed by atoms with van der Waals surface area (Å²) in [7, 11) is 1.35. The molecule has 1 rings (SSSR count). The van der Waals surface area contributed by atoms with Gasteiger partial charge in [0.05, 0.1) is 18.6 Å². The van der Waals surface area contributed by atoms with Crippen molar-refractivity contribution >= 4 is 23.3 Å². The smallest absolute Gasteiger partial charge is 0.330 e. The van der Waals surface area contributed by atoms with Crippen LogP contribution in [-0.4, -0.2) is 29.6 Å². The van der Waals surface area contributed by atoms with Gasteiger partial charge in [0.25, 0.3) is 5.69 Å². The molecule has 0 aliphatic carbocycles. The first kappa shape index (κ1) is 14.2. The number of carbonyl (C=O) groups excluding carboxylic acids is 1. The molecule has 1 atom stereocenters. The molecule has 0 aliphatic heterocycles. The van der Waals surface area contributed by atoms with Crippen LogP contribution in [0.3, 0.4) is 0 Å². The number of halogens is 1. The summed E-state index contributed by atoms with van der Waals surface area (Å²) in [6.07, 6.45) is 0. The summed E-state index contributed by atoms with van der Waals surface area (Å²) < 4.78 is 9.53. The van der Waals surface area contributed by atoms with Crippen LogP contribution in [-0.2, 0) is 9.53 Å². The van der Waals surface area contributed by atoms with Crippen LogP contribution in [0.15, 0.2) is 12.1 Å².